The molecule has 0 amide bonds. The van der Waals surface area contributed by atoms with Gasteiger partial charge in [-0.2, -0.15) is 0 Å². The van der Waals surface area contributed by atoms with Gasteiger partial charge in [0.15, 0.2) is 0 Å². The second-order valence-corrected chi connectivity index (χ2v) is 4.84. The minimum absolute atomic E-state index is 0.617. The zero-order valence-electron chi connectivity index (χ0n) is 12.2. The highest BCUT2D eigenvalue weighted by Gasteiger charge is 2.00. The van der Waals surface area contributed by atoms with Crippen LogP contribution in [0.15, 0.2) is 12.3 Å². The molecule has 0 bridgehead atoms. The molecule has 0 aliphatic carbocycles. The van der Waals surface area contributed by atoms with Crippen molar-refractivity contribution in [3.05, 3.63) is 23.8 Å². The first kappa shape index (κ1) is 16.0. The number of ether oxygens (including phenoxy) is 2. The maximum Gasteiger partial charge on any atom is 0.130 e. The van der Waals surface area contributed by atoms with Gasteiger partial charge in [-0.1, -0.05) is 13.8 Å². The minimum Gasteiger partial charge on any atom is -0.382 e. The van der Waals surface area contributed by atoms with E-state index in [1.54, 1.807) is 7.11 Å². The van der Waals surface area contributed by atoms with Crippen LogP contribution in [0.4, 0.5) is 0 Å². The summed E-state index contributed by atoms with van der Waals surface area (Å²) in [5.74, 6) is 1.48. The average molecular weight is 267 g/mol. The Kier molecular flexibility index (Phi) is 8.29. The third-order valence-electron chi connectivity index (χ3n) is 2.52. The van der Waals surface area contributed by atoms with Gasteiger partial charge in [-0.25, -0.2) is 9.97 Å². The summed E-state index contributed by atoms with van der Waals surface area (Å²) in [6.07, 6.45) is 2.55. The molecule has 0 saturated heterocycles. The van der Waals surface area contributed by atoms with Crippen molar-refractivity contribution in [2.45, 2.75) is 26.8 Å². The first-order valence-electron chi connectivity index (χ1n) is 6.80. The Hall–Kier alpha value is -1.04. The molecular weight excluding hydrogens is 242 g/mol. The topological polar surface area (TPSA) is 56.3 Å². The number of aromatic nitrogens is 2. The van der Waals surface area contributed by atoms with Crippen LogP contribution in [0.5, 0.6) is 0 Å². The van der Waals surface area contributed by atoms with Gasteiger partial charge in [0.05, 0.1) is 25.5 Å². The highest BCUT2D eigenvalue weighted by Crippen LogP contribution is 1.98. The van der Waals surface area contributed by atoms with Crippen LogP contribution in [0.3, 0.4) is 0 Å². The molecule has 5 heteroatoms. The summed E-state index contributed by atoms with van der Waals surface area (Å²) in [4.78, 5) is 8.75. The van der Waals surface area contributed by atoms with E-state index in [9.17, 15) is 0 Å². The van der Waals surface area contributed by atoms with Gasteiger partial charge in [0.1, 0.15) is 5.82 Å². The van der Waals surface area contributed by atoms with Crippen LogP contribution >= 0.6 is 0 Å². The predicted molar refractivity (Wildman–Crippen MR) is 75.0 cm³/mol. The summed E-state index contributed by atoms with van der Waals surface area (Å²) in [5, 5.41) is 3.37. The molecule has 1 rings (SSSR count). The summed E-state index contributed by atoms with van der Waals surface area (Å²) < 4.78 is 10.3. The van der Waals surface area contributed by atoms with E-state index in [-0.39, 0.29) is 0 Å². The predicted octanol–water partition coefficient (Wildman–Crippen LogP) is 1.43. The van der Waals surface area contributed by atoms with Gasteiger partial charge < -0.3 is 14.8 Å². The zero-order chi connectivity index (χ0) is 13.9. The highest BCUT2D eigenvalue weighted by molar-refractivity contribution is 5.02. The molecule has 0 unspecified atom stereocenters. The fraction of sp³-hybridized carbons (Fsp3) is 0.714. The van der Waals surface area contributed by atoms with Crippen LogP contribution in [-0.4, -0.2) is 43.4 Å². The second-order valence-electron chi connectivity index (χ2n) is 4.84. The van der Waals surface area contributed by atoms with Crippen LogP contribution in [0.1, 0.15) is 25.4 Å². The lowest BCUT2D eigenvalue weighted by atomic mass is 10.2. The Labute approximate surface area is 115 Å². The van der Waals surface area contributed by atoms with Crippen molar-refractivity contribution in [3.63, 3.8) is 0 Å². The summed E-state index contributed by atoms with van der Waals surface area (Å²) in [7, 11) is 1.67. The number of rotatable bonds is 10. The van der Waals surface area contributed by atoms with Crippen LogP contribution in [-0.2, 0) is 22.4 Å². The van der Waals surface area contributed by atoms with E-state index >= 15 is 0 Å². The normalized spacial score (nSPS) is 11.2. The Balaban J connectivity index is 2.27. The van der Waals surface area contributed by atoms with Gasteiger partial charge in [-0.15, -0.1) is 0 Å². The standard InChI is InChI=1S/C14H25N3O2/c1-12(2)10-15-11-13-4-6-16-14(17-13)5-7-19-9-8-18-3/h4,6,12,15H,5,7-11H2,1-3H3. The molecule has 19 heavy (non-hydrogen) atoms. The smallest absolute Gasteiger partial charge is 0.130 e. The van der Waals surface area contributed by atoms with Crippen molar-refractivity contribution in [2.75, 3.05) is 33.5 Å². The highest BCUT2D eigenvalue weighted by atomic mass is 16.5. The number of methoxy groups -OCH3 is 1. The van der Waals surface area contributed by atoms with Gasteiger partial charge in [0.2, 0.25) is 0 Å². The lowest BCUT2D eigenvalue weighted by Crippen LogP contribution is -2.20. The maximum absolute atomic E-state index is 5.41. The van der Waals surface area contributed by atoms with E-state index in [4.69, 9.17) is 9.47 Å². The van der Waals surface area contributed by atoms with Crippen molar-refractivity contribution in [1.82, 2.24) is 15.3 Å². The summed E-state index contributed by atoms with van der Waals surface area (Å²) >= 11 is 0. The van der Waals surface area contributed by atoms with Crippen LogP contribution in [0.25, 0.3) is 0 Å². The first-order chi connectivity index (χ1) is 9.22. The van der Waals surface area contributed by atoms with E-state index in [1.807, 2.05) is 12.3 Å². The molecule has 0 aliphatic rings. The molecule has 1 aromatic heterocycles. The Morgan fingerprint density at radius 3 is 2.84 bits per heavy atom. The maximum atomic E-state index is 5.41. The van der Waals surface area contributed by atoms with E-state index in [1.165, 1.54) is 0 Å². The number of nitrogens with one attached hydrogen (secondary N) is 1. The van der Waals surface area contributed by atoms with Crippen molar-refractivity contribution in [2.24, 2.45) is 5.92 Å². The van der Waals surface area contributed by atoms with Crippen molar-refractivity contribution < 1.29 is 9.47 Å². The lowest BCUT2D eigenvalue weighted by molar-refractivity contribution is 0.0716. The van der Waals surface area contributed by atoms with Crippen LogP contribution in [0, 0.1) is 5.92 Å². The fourth-order valence-corrected chi connectivity index (χ4v) is 1.56. The molecule has 0 atom stereocenters. The molecule has 108 valence electrons. The lowest BCUT2D eigenvalue weighted by Gasteiger charge is -2.08. The average Bonchev–Trinajstić information content (AvgIpc) is 2.39. The molecule has 0 aromatic carbocycles. The molecule has 0 fully saturated rings. The molecule has 0 spiro atoms. The van der Waals surface area contributed by atoms with Crippen LogP contribution < -0.4 is 5.32 Å². The van der Waals surface area contributed by atoms with Crippen molar-refractivity contribution in [1.29, 1.82) is 0 Å². The molecule has 1 heterocycles. The van der Waals surface area contributed by atoms with E-state index in [0.29, 0.717) is 25.7 Å². The summed E-state index contributed by atoms with van der Waals surface area (Å²) in [5.41, 5.74) is 1.03. The number of hydrogen-bond donors (Lipinski definition) is 1. The second kappa shape index (κ2) is 9.83. The molecule has 1 N–H and O–H groups in total. The van der Waals surface area contributed by atoms with Gasteiger partial charge >= 0.3 is 0 Å². The first-order valence-corrected chi connectivity index (χ1v) is 6.80. The van der Waals surface area contributed by atoms with Gasteiger partial charge in [-0.3, -0.25) is 0 Å². The van der Waals surface area contributed by atoms with E-state index in [0.717, 1.165) is 31.0 Å². The van der Waals surface area contributed by atoms with Crippen molar-refractivity contribution in [3.8, 4) is 0 Å². The van der Waals surface area contributed by atoms with E-state index < -0.39 is 0 Å². The quantitative estimate of drug-likeness (QED) is 0.650. The fourth-order valence-electron chi connectivity index (χ4n) is 1.56. The molecule has 0 aliphatic heterocycles. The summed E-state index contributed by atoms with van der Waals surface area (Å²) in [6, 6.07) is 1.95. The monoisotopic (exact) mass is 267 g/mol. The summed E-state index contributed by atoms with van der Waals surface area (Å²) in [6.45, 7) is 8.04. The van der Waals surface area contributed by atoms with E-state index in [2.05, 4.69) is 29.1 Å². The number of hydrogen-bond acceptors (Lipinski definition) is 5. The Bertz CT molecular complexity index is 345. The molecule has 5 nitrogen and oxygen atoms in total. The van der Waals surface area contributed by atoms with Gasteiger partial charge in [-0.05, 0) is 18.5 Å². The van der Waals surface area contributed by atoms with Gasteiger partial charge in [0.25, 0.3) is 0 Å². The number of nitrogens with zero attached hydrogens (tertiary/aromatic N) is 2. The molecule has 1 aromatic rings. The Morgan fingerprint density at radius 1 is 1.26 bits per heavy atom. The molecule has 0 radical (unpaired) electrons. The molecule has 0 saturated carbocycles. The Morgan fingerprint density at radius 2 is 2.11 bits per heavy atom. The zero-order valence-corrected chi connectivity index (χ0v) is 12.2. The largest absolute Gasteiger partial charge is 0.382 e. The van der Waals surface area contributed by atoms with Crippen LogP contribution in [0.2, 0.25) is 0 Å². The van der Waals surface area contributed by atoms with Gasteiger partial charge in [0, 0.05) is 26.3 Å². The molecular formula is C14H25N3O2. The van der Waals surface area contributed by atoms with Crippen molar-refractivity contribution >= 4 is 0 Å². The third kappa shape index (κ3) is 7.87. The minimum atomic E-state index is 0.617. The SMILES string of the molecule is COCCOCCc1nccc(CNCC(C)C)n1. The third-order valence-corrected chi connectivity index (χ3v) is 2.52.